The van der Waals surface area contributed by atoms with Gasteiger partial charge in [-0.1, -0.05) is 30.3 Å². The number of nitrogens with one attached hydrogen (secondary N) is 2. The Balaban J connectivity index is 1.47. The Labute approximate surface area is 235 Å². The summed E-state index contributed by atoms with van der Waals surface area (Å²) in [6.07, 6.45) is 0.689. The van der Waals surface area contributed by atoms with Gasteiger partial charge in [-0.15, -0.1) is 0 Å². The summed E-state index contributed by atoms with van der Waals surface area (Å²) in [6, 6.07) is 22.3. The molecule has 0 aromatic heterocycles. The molecule has 3 aromatic carbocycles. The molecule has 0 bridgehead atoms. The molecular formula is C30H35N5O4S. The van der Waals surface area contributed by atoms with Crippen molar-refractivity contribution in [2.75, 3.05) is 63.7 Å². The van der Waals surface area contributed by atoms with Crippen LogP contribution in [-0.4, -0.2) is 78.4 Å². The lowest BCUT2D eigenvalue weighted by atomic mass is 9.90. The molecule has 0 radical (unpaired) electrons. The topological polar surface area (TPSA) is 103 Å². The highest BCUT2D eigenvalue weighted by molar-refractivity contribution is 7.89. The van der Waals surface area contributed by atoms with E-state index in [4.69, 9.17) is 9.73 Å². The molecule has 0 spiro atoms. The Morgan fingerprint density at radius 2 is 1.77 bits per heavy atom. The molecule has 1 amide bonds. The lowest BCUT2D eigenvalue weighted by Gasteiger charge is -2.28. The molecule has 5 rings (SSSR count). The molecule has 3 aromatic rings. The van der Waals surface area contributed by atoms with Crippen molar-refractivity contribution < 1.29 is 17.9 Å². The molecule has 1 unspecified atom stereocenters. The first-order valence-electron chi connectivity index (χ1n) is 13.5. The Hall–Kier alpha value is -3.57. The normalized spacial score (nSPS) is 17.7. The summed E-state index contributed by atoms with van der Waals surface area (Å²) in [7, 11) is 0.149. The highest BCUT2D eigenvalue weighted by Gasteiger charge is 2.36. The van der Waals surface area contributed by atoms with Crippen molar-refractivity contribution in [3.63, 3.8) is 0 Å². The molecule has 0 saturated carbocycles. The van der Waals surface area contributed by atoms with Gasteiger partial charge < -0.3 is 19.9 Å². The van der Waals surface area contributed by atoms with E-state index in [-0.39, 0.29) is 10.8 Å². The fourth-order valence-corrected chi connectivity index (χ4v) is 6.08. The molecule has 10 heteroatoms. The van der Waals surface area contributed by atoms with Gasteiger partial charge in [0.25, 0.3) is 0 Å². The van der Waals surface area contributed by atoms with Crippen molar-refractivity contribution in [3.8, 4) is 0 Å². The van der Waals surface area contributed by atoms with Gasteiger partial charge in [-0.3, -0.25) is 9.79 Å². The largest absolute Gasteiger partial charge is 0.378 e. The number of carbonyl (C=O) groups excluding carboxylic acids is 1. The minimum Gasteiger partial charge on any atom is -0.378 e. The van der Waals surface area contributed by atoms with Gasteiger partial charge in [0.1, 0.15) is 5.92 Å². The lowest BCUT2D eigenvalue weighted by Crippen LogP contribution is -2.36. The number of hydrogen-bond donors (Lipinski definition) is 2. The average Bonchev–Trinajstić information content (AvgIpc) is 3.30. The first-order chi connectivity index (χ1) is 19.3. The number of fused-ring (bicyclic) bond motifs is 1. The number of benzene rings is 3. The van der Waals surface area contributed by atoms with E-state index in [1.807, 2.05) is 73.6 Å². The van der Waals surface area contributed by atoms with Crippen LogP contribution < -0.4 is 14.9 Å². The Morgan fingerprint density at radius 3 is 2.48 bits per heavy atom. The van der Waals surface area contributed by atoms with E-state index in [1.54, 1.807) is 12.1 Å². The SMILES string of the molecule is CN(C)CCCNS(=O)(=O)c1ccc2c(c1)C(C(=Nc1ccc(N3CCOCC3)cc1)c1ccccc1)C(=O)N2. The summed E-state index contributed by atoms with van der Waals surface area (Å²) >= 11 is 0. The van der Waals surface area contributed by atoms with Crippen molar-refractivity contribution in [3.05, 3.63) is 83.9 Å². The third-order valence-corrected chi connectivity index (χ3v) is 8.52. The minimum absolute atomic E-state index is 0.125. The minimum atomic E-state index is -3.75. The van der Waals surface area contributed by atoms with Gasteiger partial charge in [-0.25, -0.2) is 13.1 Å². The van der Waals surface area contributed by atoms with Gasteiger partial charge in [0, 0.05) is 31.0 Å². The van der Waals surface area contributed by atoms with Crippen molar-refractivity contribution >= 4 is 38.7 Å². The van der Waals surface area contributed by atoms with E-state index < -0.39 is 15.9 Å². The highest BCUT2D eigenvalue weighted by atomic mass is 32.2. The summed E-state index contributed by atoms with van der Waals surface area (Å²) in [5, 5.41) is 2.92. The number of amides is 1. The van der Waals surface area contributed by atoms with Gasteiger partial charge >= 0.3 is 0 Å². The molecule has 0 aliphatic carbocycles. The van der Waals surface area contributed by atoms with Crippen molar-refractivity contribution in [2.45, 2.75) is 17.2 Å². The second-order valence-corrected chi connectivity index (χ2v) is 12.0. The van der Waals surface area contributed by atoms with Crippen LogP contribution in [0.15, 0.2) is 82.7 Å². The molecule has 1 saturated heterocycles. The zero-order valence-corrected chi connectivity index (χ0v) is 23.7. The monoisotopic (exact) mass is 561 g/mol. The molecule has 2 N–H and O–H groups in total. The van der Waals surface area contributed by atoms with Crippen LogP contribution in [0.3, 0.4) is 0 Å². The number of anilines is 2. The molecule has 2 aliphatic heterocycles. The number of rotatable bonds is 10. The molecule has 40 heavy (non-hydrogen) atoms. The Kier molecular flexibility index (Phi) is 8.60. The predicted octanol–water partition coefficient (Wildman–Crippen LogP) is 3.61. The van der Waals surface area contributed by atoms with Gasteiger partial charge in [-0.05, 0) is 80.7 Å². The molecule has 2 heterocycles. The van der Waals surface area contributed by atoms with Gasteiger partial charge in [-0.2, -0.15) is 0 Å². The number of hydrogen-bond acceptors (Lipinski definition) is 7. The Morgan fingerprint density at radius 1 is 1.05 bits per heavy atom. The maximum absolute atomic E-state index is 13.4. The number of sulfonamides is 1. The van der Waals surface area contributed by atoms with Gasteiger partial charge in [0.2, 0.25) is 15.9 Å². The summed E-state index contributed by atoms with van der Waals surface area (Å²) in [6.45, 7) is 4.20. The first kappa shape index (κ1) is 28.0. The highest BCUT2D eigenvalue weighted by Crippen LogP contribution is 2.38. The van der Waals surface area contributed by atoms with Crippen molar-refractivity contribution in [1.82, 2.24) is 9.62 Å². The zero-order valence-electron chi connectivity index (χ0n) is 22.8. The van der Waals surface area contributed by atoms with Crippen LogP contribution in [0.1, 0.15) is 23.5 Å². The van der Waals surface area contributed by atoms with E-state index in [0.29, 0.717) is 48.8 Å². The average molecular weight is 562 g/mol. The van der Waals surface area contributed by atoms with Crippen LogP contribution in [0, 0.1) is 0 Å². The van der Waals surface area contributed by atoms with Crippen LogP contribution in [-0.2, 0) is 19.6 Å². The lowest BCUT2D eigenvalue weighted by molar-refractivity contribution is -0.115. The standard InChI is InChI=1S/C30H35N5O4S/c1-34(2)16-6-15-31-40(37,38)25-13-14-27-26(21-25)28(30(36)33-27)29(22-7-4-3-5-8-22)32-23-9-11-24(12-10-23)35-17-19-39-20-18-35/h3-5,7-14,21,28,31H,6,15-20H2,1-2H3,(H,33,36). The number of carbonyl (C=O) groups is 1. The number of ether oxygens (including phenoxy) is 1. The van der Waals surface area contributed by atoms with Crippen LogP contribution in [0.5, 0.6) is 0 Å². The van der Waals surface area contributed by atoms with Crippen LogP contribution in [0.25, 0.3) is 0 Å². The molecule has 1 atom stereocenters. The van der Waals surface area contributed by atoms with Gasteiger partial charge in [0.05, 0.1) is 29.5 Å². The smallest absolute Gasteiger partial charge is 0.240 e. The van der Waals surface area contributed by atoms with E-state index in [2.05, 4.69) is 14.9 Å². The number of morpholine rings is 1. The van der Waals surface area contributed by atoms with E-state index >= 15 is 0 Å². The van der Waals surface area contributed by atoms with Crippen molar-refractivity contribution in [2.24, 2.45) is 4.99 Å². The van der Waals surface area contributed by atoms with Crippen LogP contribution >= 0.6 is 0 Å². The summed E-state index contributed by atoms with van der Waals surface area (Å²) in [4.78, 5) is 22.7. The molecule has 2 aliphatic rings. The van der Waals surface area contributed by atoms with E-state index in [1.165, 1.54) is 6.07 Å². The third-order valence-electron chi connectivity index (χ3n) is 7.06. The first-order valence-corrected chi connectivity index (χ1v) is 15.0. The Bertz CT molecular complexity index is 1470. The number of aliphatic imine (C=N–C) groups is 1. The maximum Gasteiger partial charge on any atom is 0.240 e. The molecule has 210 valence electrons. The summed E-state index contributed by atoms with van der Waals surface area (Å²) in [5.41, 5.74) is 4.35. The van der Waals surface area contributed by atoms with Crippen LogP contribution in [0.4, 0.5) is 17.1 Å². The number of nitrogens with zero attached hydrogens (tertiary/aromatic N) is 3. The fraction of sp³-hybridized carbons (Fsp3) is 0.333. The van der Waals surface area contributed by atoms with Gasteiger partial charge in [0.15, 0.2) is 0 Å². The quantitative estimate of drug-likeness (QED) is 0.290. The third kappa shape index (κ3) is 6.42. The fourth-order valence-electron chi connectivity index (χ4n) is 4.97. The second-order valence-electron chi connectivity index (χ2n) is 10.2. The maximum atomic E-state index is 13.4. The van der Waals surface area contributed by atoms with E-state index in [0.717, 1.165) is 30.9 Å². The van der Waals surface area contributed by atoms with Crippen molar-refractivity contribution in [1.29, 1.82) is 0 Å². The van der Waals surface area contributed by atoms with Crippen LogP contribution in [0.2, 0.25) is 0 Å². The molecule has 1 fully saturated rings. The molecular weight excluding hydrogens is 526 g/mol. The summed E-state index contributed by atoms with van der Waals surface area (Å²) in [5.74, 6) is -1.00. The summed E-state index contributed by atoms with van der Waals surface area (Å²) < 4.78 is 34.3. The predicted molar refractivity (Wildman–Crippen MR) is 158 cm³/mol. The van der Waals surface area contributed by atoms with E-state index in [9.17, 15) is 13.2 Å². The zero-order chi connectivity index (χ0) is 28.1. The molecule has 9 nitrogen and oxygen atoms in total. The second kappa shape index (κ2) is 12.3.